The van der Waals surface area contributed by atoms with Crippen LogP contribution in [0.15, 0.2) is 36.4 Å². The van der Waals surface area contributed by atoms with Gasteiger partial charge in [0.05, 0.1) is 0 Å². The number of nitrogens with zero attached hydrogens (tertiary/aromatic N) is 1. The Balaban J connectivity index is 0.000000387. The number of hydrogen-bond acceptors (Lipinski definition) is 4. The Labute approximate surface area is 165 Å². The van der Waals surface area contributed by atoms with Crippen molar-refractivity contribution < 1.29 is 19.8 Å². The highest BCUT2D eigenvalue weighted by Gasteiger charge is 2.21. The van der Waals surface area contributed by atoms with Gasteiger partial charge in [0, 0.05) is 36.3 Å². The number of aliphatic carboxylic acids is 2. The lowest BCUT2D eigenvalue weighted by Crippen LogP contribution is -2.44. The van der Waals surface area contributed by atoms with E-state index in [1.165, 1.54) is 18.4 Å². The molecule has 0 bridgehead atoms. The topological polar surface area (TPSA) is 89.9 Å². The lowest BCUT2D eigenvalue weighted by molar-refractivity contribution is -0.134. The third kappa shape index (κ3) is 10.8. The molecule has 1 aliphatic rings. The van der Waals surface area contributed by atoms with Crippen molar-refractivity contribution in [2.24, 2.45) is 5.92 Å². The van der Waals surface area contributed by atoms with Crippen LogP contribution in [0.25, 0.3) is 0 Å². The van der Waals surface area contributed by atoms with Gasteiger partial charge in [-0.05, 0) is 49.5 Å². The Hall–Kier alpha value is -1.89. The van der Waals surface area contributed by atoms with Crippen LogP contribution in [0.4, 0.5) is 0 Å². The van der Waals surface area contributed by atoms with E-state index < -0.39 is 11.9 Å². The van der Waals surface area contributed by atoms with Gasteiger partial charge in [0.1, 0.15) is 0 Å². The highest BCUT2D eigenvalue weighted by Crippen LogP contribution is 2.19. The molecule has 2 rings (SSSR count). The maximum atomic E-state index is 9.55. The summed E-state index contributed by atoms with van der Waals surface area (Å²) in [5.74, 6) is -1.81. The molecule has 0 unspecified atom stereocenters. The van der Waals surface area contributed by atoms with E-state index in [2.05, 4.69) is 36.2 Å². The second kappa shape index (κ2) is 12.5. The minimum absolute atomic E-state index is 0.558. The Morgan fingerprint density at radius 1 is 1.22 bits per heavy atom. The molecule has 7 heteroatoms. The van der Waals surface area contributed by atoms with Gasteiger partial charge in [-0.2, -0.15) is 0 Å². The van der Waals surface area contributed by atoms with Crippen LogP contribution in [0.3, 0.4) is 0 Å². The number of piperidine rings is 1. The summed E-state index contributed by atoms with van der Waals surface area (Å²) >= 11 is 6.09. The second-order valence-corrected chi connectivity index (χ2v) is 7.38. The number of hydrogen-bond donors (Lipinski definition) is 3. The molecule has 1 aliphatic heterocycles. The fourth-order valence-electron chi connectivity index (χ4n) is 3.00. The average Bonchev–Trinajstić information content (AvgIpc) is 2.60. The molecule has 0 saturated carbocycles. The van der Waals surface area contributed by atoms with Crippen molar-refractivity contribution in [2.45, 2.75) is 39.3 Å². The molecule has 3 N–H and O–H groups in total. The van der Waals surface area contributed by atoms with Crippen LogP contribution in [-0.4, -0.2) is 52.7 Å². The van der Waals surface area contributed by atoms with Gasteiger partial charge in [-0.3, -0.25) is 4.90 Å². The van der Waals surface area contributed by atoms with E-state index in [-0.39, 0.29) is 0 Å². The Morgan fingerprint density at radius 2 is 1.81 bits per heavy atom. The summed E-state index contributed by atoms with van der Waals surface area (Å²) in [7, 11) is 0. The number of carboxylic acid groups (broad SMARTS) is 2. The van der Waals surface area contributed by atoms with Crippen molar-refractivity contribution in [2.75, 3.05) is 19.6 Å². The number of nitrogens with one attached hydrogen (secondary N) is 1. The van der Waals surface area contributed by atoms with E-state index in [0.29, 0.717) is 24.1 Å². The highest BCUT2D eigenvalue weighted by atomic mass is 35.5. The van der Waals surface area contributed by atoms with E-state index in [9.17, 15) is 9.59 Å². The van der Waals surface area contributed by atoms with Crippen LogP contribution in [0, 0.1) is 5.92 Å². The van der Waals surface area contributed by atoms with E-state index in [0.717, 1.165) is 31.2 Å². The van der Waals surface area contributed by atoms with E-state index in [1.54, 1.807) is 0 Å². The zero-order chi connectivity index (χ0) is 20.2. The van der Waals surface area contributed by atoms with Crippen molar-refractivity contribution >= 4 is 23.5 Å². The Kier molecular flexibility index (Phi) is 10.7. The lowest BCUT2D eigenvalue weighted by Gasteiger charge is -2.35. The molecule has 0 spiro atoms. The van der Waals surface area contributed by atoms with Gasteiger partial charge in [0.25, 0.3) is 0 Å². The largest absolute Gasteiger partial charge is 0.478 e. The molecule has 1 saturated heterocycles. The van der Waals surface area contributed by atoms with Crippen LogP contribution >= 0.6 is 11.6 Å². The molecule has 1 aromatic carbocycles. The second-order valence-electron chi connectivity index (χ2n) is 6.94. The van der Waals surface area contributed by atoms with Crippen LogP contribution in [0.5, 0.6) is 0 Å². The molecule has 1 aromatic rings. The molecule has 1 heterocycles. The third-order valence-electron chi connectivity index (χ3n) is 4.07. The minimum atomic E-state index is -1.26. The average molecular weight is 397 g/mol. The Morgan fingerprint density at radius 3 is 2.30 bits per heavy atom. The summed E-state index contributed by atoms with van der Waals surface area (Å²) in [6.45, 7) is 9.07. The van der Waals surface area contributed by atoms with Crippen LogP contribution in [-0.2, 0) is 16.1 Å². The first-order chi connectivity index (χ1) is 12.8. The highest BCUT2D eigenvalue weighted by molar-refractivity contribution is 6.30. The predicted octanol–water partition coefficient (Wildman–Crippen LogP) is 3.26. The summed E-state index contributed by atoms with van der Waals surface area (Å²) in [6, 6.07) is 8.98. The van der Waals surface area contributed by atoms with Crippen molar-refractivity contribution in [3.8, 4) is 0 Å². The van der Waals surface area contributed by atoms with Gasteiger partial charge in [-0.1, -0.05) is 37.6 Å². The van der Waals surface area contributed by atoms with E-state index >= 15 is 0 Å². The molecule has 1 fully saturated rings. The summed E-state index contributed by atoms with van der Waals surface area (Å²) in [5.41, 5.74) is 1.33. The van der Waals surface area contributed by atoms with Crippen LogP contribution in [0.1, 0.15) is 32.3 Å². The van der Waals surface area contributed by atoms with Gasteiger partial charge >= 0.3 is 11.9 Å². The monoisotopic (exact) mass is 396 g/mol. The molecule has 150 valence electrons. The SMILES string of the molecule is CC(C)CN(Cc1cccc(Cl)c1)C1CCNCC1.O=C(O)C=CC(=O)O. The number of halogens is 1. The number of carboxylic acids is 2. The summed E-state index contributed by atoms with van der Waals surface area (Å²) < 4.78 is 0. The zero-order valence-corrected chi connectivity index (χ0v) is 16.7. The first-order valence-corrected chi connectivity index (χ1v) is 9.49. The fraction of sp³-hybridized carbons (Fsp3) is 0.500. The molecule has 0 radical (unpaired) electrons. The number of rotatable bonds is 7. The molecule has 0 atom stereocenters. The maximum Gasteiger partial charge on any atom is 0.328 e. The smallest absolute Gasteiger partial charge is 0.328 e. The lowest BCUT2D eigenvalue weighted by atomic mass is 10.0. The zero-order valence-electron chi connectivity index (χ0n) is 15.9. The summed E-state index contributed by atoms with van der Waals surface area (Å²) in [6.07, 6.45) is 3.63. The van der Waals surface area contributed by atoms with Crippen molar-refractivity contribution in [3.05, 3.63) is 47.0 Å². The van der Waals surface area contributed by atoms with Crippen molar-refractivity contribution in [1.29, 1.82) is 0 Å². The van der Waals surface area contributed by atoms with Crippen molar-refractivity contribution in [1.82, 2.24) is 10.2 Å². The first-order valence-electron chi connectivity index (χ1n) is 9.11. The van der Waals surface area contributed by atoms with Crippen molar-refractivity contribution in [3.63, 3.8) is 0 Å². The molecule has 27 heavy (non-hydrogen) atoms. The predicted molar refractivity (Wildman–Crippen MR) is 107 cm³/mol. The van der Waals surface area contributed by atoms with E-state index in [4.69, 9.17) is 21.8 Å². The van der Waals surface area contributed by atoms with Gasteiger partial charge in [0.15, 0.2) is 0 Å². The molecular weight excluding hydrogens is 368 g/mol. The first kappa shape index (κ1) is 23.1. The van der Waals surface area contributed by atoms with Gasteiger partial charge in [-0.25, -0.2) is 9.59 Å². The minimum Gasteiger partial charge on any atom is -0.478 e. The number of carbonyl (C=O) groups is 2. The summed E-state index contributed by atoms with van der Waals surface area (Å²) in [5, 5.41) is 19.9. The van der Waals surface area contributed by atoms with Gasteiger partial charge in [-0.15, -0.1) is 0 Å². The van der Waals surface area contributed by atoms with Crippen LogP contribution < -0.4 is 5.32 Å². The molecular formula is C20H29ClN2O4. The van der Waals surface area contributed by atoms with Gasteiger partial charge in [0.2, 0.25) is 0 Å². The van der Waals surface area contributed by atoms with E-state index in [1.807, 2.05) is 12.1 Å². The summed E-state index contributed by atoms with van der Waals surface area (Å²) in [4.78, 5) is 21.7. The molecule has 0 aliphatic carbocycles. The Bertz CT molecular complexity index is 612. The molecule has 0 aromatic heterocycles. The standard InChI is InChI=1S/C16H25ClN2.C4H4O4/c1-13(2)11-19(16-6-8-18-9-7-16)12-14-4-3-5-15(17)10-14;5-3(6)1-2-4(7)8/h3-5,10,13,16,18H,6-9,11-12H2,1-2H3;1-2H,(H,5,6)(H,7,8). The number of benzene rings is 1. The van der Waals surface area contributed by atoms with Gasteiger partial charge < -0.3 is 15.5 Å². The quantitative estimate of drug-likeness (QED) is 0.613. The fourth-order valence-corrected chi connectivity index (χ4v) is 3.21. The molecule has 6 nitrogen and oxygen atoms in total. The normalized spacial score (nSPS) is 15.0. The van der Waals surface area contributed by atoms with Crippen LogP contribution in [0.2, 0.25) is 5.02 Å². The maximum absolute atomic E-state index is 9.55. The third-order valence-corrected chi connectivity index (χ3v) is 4.30. The molecule has 0 amide bonds.